The van der Waals surface area contributed by atoms with Crippen LogP contribution in [0, 0.1) is 0 Å². The Hall–Kier alpha value is -7.61. The molecule has 4 aromatic carbocycles. The molecule has 7 nitrogen and oxygen atoms in total. The summed E-state index contributed by atoms with van der Waals surface area (Å²) in [4.78, 5) is 22.6. The van der Waals surface area contributed by atoms with Crippen molar-refractivity contribution < 1.29 is 9.47 Å². The van der Waals surface area contributed by atoms with Gasteiger partial charge in [0.2, 0.25) is 0 Å². The topological polar surface area (TPSA) is 88.7 Å². The van der Waals surface area contributed by atoms with Gasteiger partial charge >= 0.3 is 0 Å². The minimum Gasteiger partial charge on any atom is -0.494 e. The van der Waals surface area contributed by atoms with Crippen molar-refractivity contribution in [2.45, 2.75) is 32.3 Å². The van der Waals surface area contributed by atoms with E-state index in [1.165, 1.54) is 0 Å². The molecule has 0 unspecified atom stereocenters. The Morgan fingerprint density at radius 2 is 0.825 bits per heavy atom. The molecule has 0 spiro atoms. The number of nitrogens with one attached hydrogen (secondary N) is 2. The van der Waals surface area contributed by atoms with Crippen molar-refractivity contribution in [3.63, 3.8) is 0 Å². The second-order valence-corrected chi connectivity index (χ2v) is 15.8. The zero-order valence-corrected chi connectivity index (χ0v) is 35.0. The summed E-state index contributed by atoms with van der Waals surface area (Å²) in [5.41, 5.74) is 16.8. The average Bonchev–Trinajstić information content (AvgIpc) is 4.19. The molecule has 2 N–H and O–H groups in total. The van der Waals surface area contributed by atoms with Gasteiger partial charge in [0.1, 0.15) is 5.75 Å². The fraction of sp³-hybridized carbons (Fsp3) is 0.125. The van der Waals surface area contributed by atoms with Crippen LogP contribution in [0.25, 0.3) is 90.9 Å². The number of rotatable bonds is 14. The molecule has 0 saturated heterocycles. The Balaban J connectivity index is 1.07. The van der Waals surface area contributed by atoms with Gasteiger partial charge in [-0.3, -0.25) is 4.98 Å². The third kappa shape index (κ3) is 8.78. The van der Waals surface area contributed by atoms with Crippen LogP contribution < -0.4 is 4.74 Å². The maximum atomic E-state index is 6.41. The number of pyridine rings is 1. The summed E-state index contributed by atoms with van der Waals surface area (Å²) in [6.07, 6.45) is 16.3. The second kappa shape index (κ2) is 18.6. The Kier molecular flexibility index (Phi) is 11.6. The van der Waals surface area contributed by atoms with Crippen LogP contribution in [0.2, 0.25) is 0 Å². The molecule has 0 fully saturated rings. The summed E-state index contributed by atoms with van der Waals surface area (Å²) in [6.45, 7) is 2.02. The van der Waals surface area contributed by atoms with Crippen LogP contribution in [0.3, 0.4) is 0 Å². The molecule has 0 aliphatic carbocycles. The summed E-state index contributed by atoms with van der Waals surface area (Å²) in [7, 11) is 0. The highest BCUT2D eigenvalue weighted by molar-refractivity contribution is 5.99. The van der Waals surface area contributed by atoms with Crippen LogP contribution in [0.1, 0.15) is 54.0 Å². The molecular formula is C56H47N5O2. The number of aromatic nitrogens is 5. The number of nitrogens with zero attached hydrogens (tertiary/aromatic N) is 3. The van der Waals surface area contributed by atoms with E-state index in [1.54, 1.807) is 12.4 Å². The zero-order valence-electron chi connectivity index (χ0n) is 35.0. The minimum absolute atomic E-state index is 0.625. The van der Waals surface area contributed by atoms with Gasteiger partial charge in [-0.25, -0.2) is 9.97 Å². The molecule has 0 radical (unpaired) electrons. The average molecular weight is 822 g/mol. The Morgan fingerprint density at radius 1 is 0.397 bits per heavy atom. The summed E-state index contributed by atoms with van der Waals surface area (Å²) < 4.78 is 12.3. The first-order valence-electron chi connectivity index (χ1n) is 21.8. The molecule has 2 aliphatic heterocycles. The van der Waals surface area contributed by atoms with E-state index in [9.17, 15) is 0 Å². The van der Waals surface area contributed by atoms with Crippen LogP contribution in [0.15, 0.2) is 164 Å². The number of fused-ring (bicyclic) bond motifs is 8. The molecule has 8 aromatic rings. The van der Waals surface area contributed by atoms with E-state index in [4.69, 9.17) is 19.4 Å². The van der Waals surface area contributed by atoms with E-state index in [1.807, 2.05) is 18.2 Å². The van der Waals surface area contributed by atoms with Crippen LogP contribution in [0.4, 0.5) is 0 Å². The van der Waals surface area contributed by atoms with Gasteiger partial charge in [0.25, 0.3) is 0 Å². The van der Waals surface area contributed by atoms with Gasteiger partial charge in [0, 0.05) is 63.3 Å². The highest BCUT2D eigenvalue weighted by Gasteiger charge is 2.19. The van der Waals surface area contributed by atoms with Gasteiger partial charge in [-0.1, -0.05) is 110 Å². The van der Waals surface area contributed by atoms with Crippen LogP contribution in [-0.4, -0.2) is 38.1 Å². The molecule has 7 heteroatoms. The predicted octanol–water partition coefficient (Wildman–Crippen LogP) is 13.9. The lowest BCUT2D eigenvalue weighted by Gasteiger charge is -2.10. The summed E-state index contributed by atoms with van der Waals surface area (Å²) in [5, 5.41) is 0. The quantitative estimate of drug-likeness (QED) is 0.107. The summed E-state index contributed by atoms with van der Waals surface area (Å²) in [6, 6.07) is 52.6. The SMILES string of the molecule is C1=Cc2nc1c(-c1ccccc1)c1ccc([nH]1)c(-c1ccccc1)c1nc(c(-c3cccc(OCCCCCCOCc4ccncc4)c3)c3ccc([nH]3)c2-c2ccccc2)C=C1. The number of H-pyrrole nitrogens is 2. The normalized spacial score (nSPS) is 11.9. The molecule has 4 aromatic heterocycles. The number of unbranched alkanes of at least 4 members (excludes halogenated alkanes) is 3. The third-order valence-corrected chi connectivity index (χ3v) is 11.5. The molecule has 63 heavy (non-hydrogen) atoms. The molecule has 8 bridgehead atoms. The lowest BCUT2D eigenvalue weighted by Crippen LogP contribution is -1.99. The fourth-order valence-electron chi connectivity index (χ4n) is 8.49. The van der Waals surface area contributed by atoms with Crippen molar-refractivity contribution in [1.29, 1.82) is 0 Å². The molecule has 6 heterocycles. The maximum Gasteiger partial charge on any atom is 0.119 e. The van der Waals surface area contributed by atoms with Crippen molar-refractivity contribution in [2.75, 3.05) is 13.2 Å². The van der Waals surface area contributed by atoms with Crippen LogP contribution in [0.5, 0.6) is 5.75 Å². The molecule has 0 amide bonds. The van der Waals surface area contributed by atoms with E-state index in [0.29, 0.717) is 13.2 Å². The predicted molar refractivity (Wildman–Crippen MR) is 258 cm³/mol. The number of ether oxygens (including phenoxy) is 2. The second-order valence-electron chi connectivity index (χ2n) is 15.8. The fourth-order valence-corrected chi connectivity index (χ4v) is 8.49. The first kappa shape index (κ1) is 39.5. The zero-order chi connectivity index (χ0) is 42.2. The van der Waals surface area contributed by atoms with E-state index in [0.717, 1.165) is 133 Å². The van der Waals surface area contributed by atoms with E-state index in [2.05, 4.69) is 173 Å². The maximum absolute atomic E-state index is 6.41. The van der Waals surface area contributed by atoms with Gasteiger partial charge in [0.15, 0.2) is 0 Å². The van der Waals surface area contributed by atoms with E-state index < -0.39 is 0 Å². The van der Waals surface area contributed by atoms with Crippen molar-refractivity contribution in [2.24, 2.45) is 0 Å². The van der Waals surface area contributed by atoms with Crippen LogP contribution >= 0.6 is 0 Å². The molecule has 308 valence electrons. The number of hydrogen-bond acceptors (Lipinski definition) is 5. The van der Waals surface area contributed by atoms with Crippen molar-refractivity contribution in [3.05, 3.63) is 192 Å². The molecular weight excluding hydrogens is 775 g/mol. The molecule has 0 saturated carbocycles. The molecule has 10 rings (SSSR count). The molecule has 2 aliphatic rings. The van der Waals surface area contributed by atoms with Crippen LogP contribution in [-0.2, 0) is 11.3 Å². The van der Waals surface area contributed by atoms with Gasteiger partial charge < -0.3 is 19.4 Å². The van der Waals surface area contributed by atoms with Crippen molar-refractivity contribution in [3.8, 4) is 50.3 Å². The number of hydrogen-bond donors (Lipinski definition) is 2. The first-order chi connectivity index (χ1) is 31.2. The number of aromatic amines is 2. The summed E-state index contributed by atoms with van der Waals surface area (Å²) >= 11 is 0. The Morgan fingerprint density at radius 3 is 1.30 bits per heavy atom. The highest BCUT2D eigenvalue weighted by atomic mass is 16.5. The lowest BCUT2D eigenvalue weighted by molar-refractivity contribution is 0.116. The number of benzene rings is 4. The minimum atomic E-state index is 0.625. The highest BCUT2D eigenvalue weighted by Crippen LogP contribution is 2.39. The van der Waals surface area contributed by atoms with Gasteiger partial charge in [-0.05, 0) is 120 Å². The Labute approximate surface area is 367 Å². The first-order valence-corrected chi connectivity index (χ1v) is 21.8. The van der Waals surface area contributed by atoms with E-state index in [-0.39, 0.29) is 0 Å². The third-order valence-electron chi connectivity index (χ3n) is 11.5. The molecule has 0 atom stereocenters. The smallest absolute Gasteiger partial charge is 0.119 e. The monoisotopic (exact) mass is 821 g/mol. The Bertz CT molecular complexity index is 3040. The summed E-state index contributed by atoms with van der Waals surface area (Å²) in [5.74, 6) is 0.831. The van der Waals surface area contributed by atoms with Crippen molar-refractivity contribution in [1.82, 2.24) is 24.9 Å². The van der Waals surface area contributed by atoms with Gasteiger partial charge in [-0.15, -0.1) is 0 Å². The largest absolute Gasteiger partial charge is 0.494 e. The van der Waals surface area contributed by atoms with Crippen molar-refractivity contribution >= 4 is 46.4 Å². The van der Waals surface area contributed by atoms with E-state index >= 15 is 0 Å². The van der Waals surface area contributed by atoms with Gasteiger partial charge in [-0.2, -0.15) is 0 Å². The lowest BCUT2D eigenvalue weighted by atomic mass is 10.0. The van der Waals surface area contributed by atoms with Gasteiger partial charge in [0.05, 0.1) is 36.0 Å². The standard InChI is InChI=1S/C56H47N5O2/c1(12-35-62-38-39-31-33-57-34-32-39)2-13-36-63-44-22-14-21-43(37-44)56-51-29-27-49(60-51)54(41-17-8-4-9-18-41)47-25-23-45(58-47)53(40-15-6-3-7-16-40)46-24-26-48(59-46)55(42-19-10-5-11-20-42)50-28-30-52(56)61-50/h3-11,14-34,37,58,61H,1-2,12-13,35-36,38H2.